The van der Waals surface area contributed by atoms with Gasteiger partial charge in [-0.05, 0) is 30.2 Å². The second-order valence-electron chi connectivity index (χ2n) is 5.52. The first-order valence-electron chi connectivity index (χ1n) is 7.65. The first-order chi connectivity index (χ1) is 12.0. The molecular formula is C18H15Cl2N3O2. The van der Waals surface area contributed by atoms with Gasteiger partial charge in [-0.15, -0.1) is 10.2 Å². The Morgan fingerprint density at radius 1 is 1.16 bits per heavy atom. The van der Waals surface area contributed by atoms with Crippen LogP contribution in [-0.4, -0.2) is 16.1 Å². The third kappa shape index (κ3) is 4.38. The molecular weight excluding hydrogens is 361 g/mol. The van der Waals surface area contributed by atoms with Crippen molar-refractivity contribution in [1.29, 1.82) is 0 Å². The largest absolute Gasteiger partial charge is 0.417 e. The van der Waals surface area contributed by atoms with Crippen molar-refractivity contribution in [2.45, 2.75) is 19.4 Å². The van der Waals surface area contributed by atoms with E-state index >= 15 is 0 Å². The molecule has 128 valence electrons. The summed E-state index contributed by atoms with van der Waals surface area (Å²) in [5, 5.41) is 11.6. The number of nitrogens with one attached hydrogen (secondary N) is 1. The Morgan fingerprint density at radius 2 is 1.92 bits per heavy atom. The van der Waals surface area contributed by atoms with E-state index in [-0.39, 0.29) is 11.9 Å². The van der Waals surface area contributed by atoms with E-state index in [1.165, 1.54) is 0 Å². The molecule has 3 aromatic rings. The van der Waals surface area contributed by atoms with E-state index < -0.39 is 5.91 Å². The lowest BCUT2D eigenvalue weighted by Gasteiger charge is -2.12. The predicted octanol–water partition coefficient (Wildman–Crippen LogP) is 4.46. The van der Waals surface area contributed by atoms with E-state index in [1.54, 1.807) is 18.2 Å². The lowest BCUT2D eigenvalue weighted by molar-refractivity contribution is 0.0903. The van der Waals surface area contributed by atoms with Crippen LogP contribution in [0.4, 0.5) is 0 Å². The van der Waals surface area contributed by atoms with Gasteiger partial charge in [-0.25, -0.2) is 0 Å². The average molecular weight is 376 g/mol. The van der Waals surface area contributed by atoms with E-state index in [9.17, 15) is 4.79 Å². The van der Waals surface area contributed by atoms with Crippen LogP contribution in [0, 0.1) is 0 Å². The molecule has 0 aliphatic carbocycles. The molecule has 1 N–H and O–H groups in total. The summed E-state index contributed by atoms with van der Waals surface area (Å²) in [6, 6.07) is 14.6. The van der Waals surface area contributed by atoms with Crippen molar-refractivity contribution in [3.8, 4) is 0 Å². The van der Waals surface area contributed by atoms with Crippen LogP contribution in [0.1, 0.15) is 40.7 Å². The maximum absolute atomic E-state index is 12.3. The lowest BCUT2D eigenvalue weighted by atomic mass is 10.1. The highest BCUT2D eigenvalue weighted by molar-refractivity contribution is 6.35. The van der Waals surface area contributed by atoms with Crippen LogP contribution in [0.2, 0.25) is 10.0 Å². The molecule has 25 heavy (non-hydrogen) atoms. The molecule has 0 saturated carbocycles. The van der Waals surface area contributed by atoms with Crippen molar-refractivity contribution in [3.63, 3.8) is 0 Å². The molecule has 1 atom stereocenters. The minimum Gasteiger partial charge on any atom is -0.417 e. The van der Waals surface area contributed by atoms with Crippen molar-refractivity contribution in [1.82, 2.24) is 15.5 Å². The van der Waals surface area contributed by atoms with Crippen LogP contribution in [0.3, 0.4) is 0 Å². The fraction of sp³-hybridized carbons (Fsp3) is 0.167. The van der Waals surface area contributed by atoms with E-state index in [0.29, 0.717) is 22.4 Å². The van der Waals surface area contributed by atoms with Gasteiger partial charge in [-0.3, -0.25) is 4.79 Å². The molecule has 0 unspecified atom stereocenters. The second kappa shape index (κ2) is 7.68. The Labute approximate surface area is 155 Å². The number of rotatable bonds is 5. The van der Waals surface area contributed by atoms with Gasteiger partial charge in [-0.2, -0.15) is 0 Å². The van der Waals surface area contributed by atoms with Crippen molar-refractivity contribution in [2.24, 2.45) is 0 Å². The number of benzene rings is 2. The molecule has 7 heteroatoms. The number of hydrogen-bond acceptors (Lipinski definition) is 4. The molecule has 0 radical (unpaired) electrons. The maximum Gasteiger partial charge on any atom is 0.309 e. The van der Waals surface area contributed by atoms with Crippen LogP contribution in [-0.2, 0) is 6.42 Å². The smallest absolute Gasteiger partial charge is 0.309 e. The maximum atomic E-state index is 12.3. The average Bonchev–Trinajstić information content (AvgIpc) is 3.07. The topological polar surface area (TPSA) is 68.0 Å². The monoisotopic (exact) mass is 375 g/mol. The number of amides is 1. The molecule has 0 saturated heterocycles. The number of carbonyl (C=O) groups excluding carboxylic acids is 1. The van der Waals surface area contributed by atoms with E-state index in [2.05, 4.69) is 15.5 Å². The summed E-state index contributed by atoms with van der Waals surface area (Å²) in [5.74, 6) is -0.193. The lowest BCUT2D eigenvalue weighted by Crippen LogP contribution is -2.26. The van der Waals surface area contributed by atoms with Crippen LogP contribution in [0.25, 0.3) is 0 Å². The van der Waals surface area contributed by atoms with E-state index in [1.807, 2.05) is 37.3 Å². The number of carbonyl (C=O) groups is 1. The Hall–Kier alpha value is -2.37. The third-order valence-electron chi connectivity index (χ3n) is 3.67. The molecule has 5 nitrogen and oxygen atoms in total. The molecule has 0 aliphatic heterocycles. The molecule has 0 fully saturated rings. The Morgan fingerprint density at radius 3 is 2.64 bits per heavy atom. The fourth-order valence-electron chi connectivity index (χ4n) is 2.33. The van der Waals surface area contributed by atoms with Gasteiger partial charge in [0.15, 0.2) is 0 Å². The summed E-state index contributed by atoms with van der Waals surface area (Å²) < 4.78 is 5.45. The van der Waals surface area contributed by atoms with Gasteiger partial charge < -0.3 is 9.73 Å². The van der Waals surface area contributed by atoms with Gasteiger partial charge in [0.25, 0.3) is 0 Å². The Bertz CT molecular complexity index is 881. The van der Waals surface area contributed by atoms with Crippen LogP contribution in [0.15, 0.2) is 52.9 Å². The number of halogens is 2. The van der Waals surface area contributed by atoms with Gasteiger partial charge in [0, 0.05) is 10.0 Å². The highest BCUT2D eigenvalue weighted by Gasteiger charge is 2.18. The molecule has 1 aromatic heterocycles. The molecule has 3 rings (SSSR count). The summed E-state index contributed by atoms with van der Waals surface area (Å²) in [5.41, 5.74) is 1.78. The summed E-state index contributed by atoms with van der Waals surface area (Å²) in [7, 11) is 0. The quantitative estimate of drug-likeness (QED) is 0.714. The van der Waals surface area contributed by atoms with Crippen molar-refractivity contribution in [3.05, 3.63) is 81.5 Å². The summed E-state index contributed by atoms with van der Waals surface area (Å²) in [6.07, 6.45) is 0.324. The minimum atomic E-state index is -0.419. The Kier molecular flexibility index (Phi) is 5.36. The molecule has 1 amide bonds. The van der Waals surface area contributed by atoms with Gasteiger partial charge in [0.1, 0.15) is 0 Å². The van der Waals surface area contributed by atoms with Crippen LogP contribution >= 0.6 is 23.2 Å². The zero-order valence-corrected chi connectivity index (χ0v) is 14.9. The first-order valence-corrected chi connectivity index (χ1v) is 8.40. The Balaban J connectivity index is 1.67. The second-order valence-corrected chi connectivity index (χ2v) is 6.36. The normalized spacial score (nSPS) is 12.0. The van der Waals surface area contributed by atoms with Gasteiger partial charge in [0.2, 0.25) is 5.89 Å². The first kappa shape index (κ1) is 17.5. The van der Waals surface area contributed by atoms with E-state index in [0.717, 1.165) is 11.1 Å². The third-order valence-corrected chi connectivity index (χ3v) is 4.25. The highest BCUT2D eigenvalue weighted by atomic mass is 35.5. The highest BCUT2D eigenvalue weighted by Crippen LogP contribution is 2.23. The van der Waals surface area contributed by atoms with Crippen molar-refractivity contribution in [2.75, 3.05) is 0 Å². The molecule has 0 aliphatic rings. The van der Waals surface area contributed by atoms with Gasteiger partial charge in [0.05, 0.1) is 12.5 Å². The number of nitrogens with zero attached hydrogens (tertiary/aromatic N) is 2. The van der Waals surface area contributed by atoms with Gasteiger partial charge >= 0.3 is 11.8 Å². The number of hydrogen-bond donors (Lipinski definition) is 1. The standard InChI is InChI=1S/C18H15Cl2N3O2/c1-11(12-5-3-2-4-6-12)21-17(24)18-23-22-16(25-18)9-13-7-8-14(19)10-15(13)20/h2-8,10-11H,9H2,1H3,(H,21,24)/t11-/m1/s1. The van der Waals surface area contributed by atoms with Crippen LogP contribution < -0.4 is 5.32 Å². The fourth-order valence-corrected chi connectivity index (χ4v) is 2.80. The molecule has 0 bridgehead atoms. The molecule has 2 aromatic carbocycles. The minimum absolute atomic E-state index is 0.0807. The summed E-state index contributed by atoms with van der Waals surface area (Å²) in [4.78, 5) is 12.3. The SMILES string of the molecule is C[C@@H](NC(=O)c1nnc(Cc2ccc(Cl)cc2Cl)o1)c1ccccc1. The number of aromatic nitrogens is 2. The zero-order valence-electron chi connectivity index (χ0n) is 13.4. The predicted molar refractivity (Wildman–Crippen MR) is 95.9 cm³/mol. The zero-order chi connectivity index (χ0) is 17.8. The molecule has 1 heterocycles. The summed E-state index contributed by atoms with van der Waals surface area (Å²) >= 11 is 12.0. The van der Waals surface area contributed by atoms with E-state index in [4.69, 9.17) is 27.6 Å². The van der Waals surface area contributed by atoms with Gasteiger partial charge in [-0.1, -0.05) is 59.6 Å². The van der Waals surface area contributed by atoms with Crippen molar-refractivity contribution >= 4 is 29.1 Å². The molecule has 0 spiro atoms. The summed E-state index contributed by atoms with van der Waals surface area (Å²) in [6.45, 7) is 1.89. The van der Waals surface area contributed by atoms with Crippen molar-refractivity contribution < 1.29 is 9.21 Å². The van der Waals surface area contributed by atoms with Crippen LogP contribution in [0.5, 0.6) is 0 Å².